The number of methoxy groups -OCH3 is 2. The van der Waals surface area contributed by atoms with E-state index in [1.54, 1.807) is 63.7 Å². The molecule has 0 aliphatic carbocycles. The van der Waals surface area contributed by atoms with Crippen molar-refractivity contribution in [1.29, 1.82) is 0 Å². The van der Waals surface area contributed by atoms with Gasteiger partial charge in [0.25, 0.3) is 0 Å². The molecule has 1 aliphatic rings. The maximum atomic E-state index is 15.1. The monoisotopic (exact) mass is 602 g/mol. The van der Waals surface area contributed by atoms with Gasteiger partial charge in [-0.15, -0.1) is 0 Å². The Hall–Kier alpha value is -4.90. The summed E-state index contributed by atoms with van der Waals surface area (Å²) >= 11 is 0. The van der Waals surface area contributed by atoms with Crippen molar-refractivity contribution < 1.29 is 32.9 Å². The van der Waals surface area contributed by atoms with E-state index in [1.165, 1.54) is 12.1 Å². The molecule has 230 valence electrons. The Morgan fingerprint density at radius 2 is 1.77 bits per heavy atom. The van der Waals surface area contributed by atoms with E-state index in [4.69, 9.17) is 18.9 Å². The predicted octanol–water partition coefficient (Wildman–Crippen LogP) is 5.38. The molecule has 5 rings (SSSR count). The lowest BCUT2D eigenvalue weighted by molar-refractivity contribution is -0.136. The zero-order valence-corrected chi connectivity index (χ0v) is 24.8. The first-order valence-electron chi connectivity index (χ1n) is 14.4. The van der Waals surface area contributed by atoms with Crippen LogP contribution in [-0.4, -0.2) is 50.7 Å². The molecule has 0 bridgehead atoms. The van der Waals surface area contributed by atoms with E-state index in [-0.39, 0.29) is 11.4 Å². The summed E-state index contributed by atoms with van der Waals surface area (Å²) in [6.07, 6.45) is 3.67. The topological polar surface area (TPSA) is 120 Å². The van der Waals surface area contributed by atoms with Crippen LogP contribution in [0.4, 0.5) is 10.1 Å². The van der Waals surface area contributed by atoms with E-state index < -0.39 is 23.7 Å². The van der Waals surface area contributed by atoms with Gasteiger partial charge in [0.15, 0.2) is 23.1 Å². The molecule has 0 spiro atoms. The Labute approximate surface area is 254 Å². The van der Waals surface area contributed by atoms with Crippen LogP contribution in [0.5, 0.6) is 28.7 Å². The Morgan fingerprint density at radius 1 is 0.955 bits per heavy atom. The van der Waals surface area contributed by atoms with E-state index in [0.717, 1.165) is 37.6 Å². The molecule has 3 N–H and O–H groups in total. The molecule has 0 saturated carbocycles. The first-order valence-corrected chi connectivity index (χ1v) is 14.4. The number of anilines is 1. The number of amides is 2. The number of aromatic nitrogens is 1. The van der Waals surface area contributed by atoms with E-state index in [2.05, 4.69) is 20.9 Å². The van der Waals surface area contributed by atoms with Crippen molar-refractivity contribution in [2.75, 3.05) is 39.2 Å². The molecular formula is C33H35FN4O6. The average Bonchev–Trinajstić information content (AvgIpc) is 3.05. The standard InChI is InChI=1S/C33H35FN4O6/c1-20(22-5-4-6-24(15-22)41-2)37-32(39)33(40)38-23-7-8-29(26(34)16-23)44-28-11-14-36-27-18-31(30(42-3)17-25(27)28)43-19-21-9-12-35-13-10-21/h4-8,11,14-18,20-21,35H,9-10,12-13,19H2,1-3H3,(H,37,39)(H,38,40). The molecule has 1 saturated heterocycles. The molecule has 1 atom stereocenters. The number of hydrogen-bond acceptors (Lipinski definition) is 8. The van der Waals surface area contributed by atoms with Gasteiger partial charge in [-0.25, -0.2) is 4.39 Å². The highest BCUT2D eigenvalue weighted by Crippen LogP contribution is 2.38. The Bertz CT molecular complexity index is 1640. The molecule has 1 fully saturated rings. The van der Waals surface area contributed by atoms with E-state index >= 15 is 4.39 Å². The van der Waals surface area contributed by atoms with Gasteiger partial charge in [0.1, 0.15) is 11.5 Å². The lowest BCUT2D eigenvalue weighted by atomic mass is 9.99. The number of ether oxygens (including phenoxy) is 4. The minimum absolute atomic E-state index is 0.0724. The molecule has 0 radical (unpaired) electrons. The quantitative estimate of drug-likeness (QED) is 0.207. The summed E-state index contributed by atoms with van der Waals surface area (Å²) in [5.41, 5.74) is 1.46. The molecule has 3 aromatic carbocycles. The van der Waals surface area contributed by atoms with Gasteiger partial charge in [0.05, 0.1) is 32.4 Å². The van der Waals surface area contributed by atoms with Crippen LogP contribution in [0.2, 0.25) is 0 Å². The fourth-order valence-corrected chi connectivity index (χ4v) is 4.97. The van der Waals surface area contributed by atoms with E-state index in [9.17, 15) is 9.59 Å². The number of nitrogens with zero attached hydrogens (tertiary/aromatic N) is 1. The van der Waals surface area contributed by atoms with Gasteiger partial charge in [0, 0.05) is 29.4 Å². The Morgan fingerprint density at radius 3 is 2.52 bits per heavy atom. The number of fused-ring (bicyclic) bond motifs is 1. The Kier molecular flexibility index (Phi) is 9.75. The number of benzene rings is 3. The molecule has 11 heteroatoms. The van der Waals surface area contributed by atoms with Crippen molar-refractivity contribution in [3.8, 4) is 28.7 Å². The largest absolute Gasteiger partial charge is 0.497 e. The van der Waals surface area contributed by atoms with Crippen molar-refractivity contribution in [2.45, 2.75) is 25.8 Å². The van der Waals surface area contributed by atoms with Crippen LogP contribution in [0, 0.1) is 11.7 Å². The normalized spacial score (nSPS) is 14.0. The maximum Gasteiger partial charge on any atom is 0.313 e. The summed E-state index contributed by atoms with van der Waals surface area (Å²) in [6.45, 7) is 4.29. The maximum absolute atomic E-state index is 15.1. The number of carbonyl (C=O) groups excluding carboxylic acids is 2. The molecule has 1 aliphatic heterocycles. The summed E-state index contributed by atoms with van der Waals surface area (Å²) < 4.78 is 37.9. The third-order valence-electron chi connectivity index (χ3n) is 7.48. The zero-order chi connectivity index (χ0) is 31.1. The number of piperidine rings is 1. The molecule has 44 heavy (non-hydrogen) atoms. The smallest absolute Gasteiger partial charge is 0.313 e. The second kappa shape index (κ2) is 14.0. The molecule has 10 nitrogen and oxygen atoms in total. The van der Waals surface area contributed by atoms with Crippen LogP contribution in [0.25, 0.3) is 10.9 Å². The highest BCUT2D eigenvalue weighted by atomic mass is 19.1. The summed E-state index contributed by atoms with van der Waals surface area (Å²) in [7, 11) is 3.10. The van der Waals surface area contributed by atoms with Crippen LogP contribution in [0.15, 0.2) is 66.9 Å². The number of hydrogen-bond donors (Lipinski definition) is 3. The van der Waals surface area contributed by atoms with Crippen LogP contribution >= 0.6 is 0 Å². The third-order valence-corrected chi connectivity index (χ3v) is 7.48. The van der Waals surface area contributed by atoms with Crippen LogP contribution < -0.4 is 34.9 Å². The van der Waals surface area contributed by atoms with Gasteiger partial charge < -0.3 is 34.9 Å². The highest BCUT2D eigenvalue weighted by molar-refractivity contribution is 6.39. The molecule has 1 unspecified atom stereocenters. The second-order valence-corrected chi connectivity index (χ2v) is 10.5. The number of rotatable bonds is 10. The molecule has 2 amide bonds. The van der Waals surface area contributed by atoms with Gasteiger partial charge in [-0.2, -0.15) is 0 Å². The molecule has 4 aromatic rings. The van der Waals surface area contributed by atoms with Gasteiger partial charge in [0.2, 0.25) is 0 Å². The Balaban J connectivity index is 1.25. The summed E-state index contributed by atoms with van der Waals surface area (Å²) in [6, 6.07) is 15.8. The lowest BCUT2D eigenvalue weighted by Gasteiger charge is -2.23. The second-order valence-electron chi connectivity index (χ2n) is 10.5. The van der Waals surface area contributed by atoms with Crippen LogP contribution in [0.3, 0.4) is 0 Å². The fourth-order valence-electron chi connectivity index (χ4n) is 4.97. The molecular weight excluding hydrogens is 567 g/mol. The fraction of sp³-hybridized carbons (Fsp3) is 0.303. The lowest BCUT2D eigenvalue weighted by Crippen LogP contribution is -2.36. The first-order chi connectivity index (χ1) is 21.3. The minimum atomic E-state index is -0.932. The van der Waals surface area contributed by atoms with Crippen molar-refractivity contribution in [2.24, 2.45) is 5.92 Å². The van der Waals surface area contributed by atoms with Gasteiger partial charge >= 0.3 is 11.8 Å². The predicted molar refractivity (Wildman–Crippen MR) is 164 cm³/mol. The first kappa shape index (κ1) is 30.6. The third kappa shape index (κ3) is 7.35. The van der Waals surface area contributed by atoms with Crippen molar-refractivity contribution in [1.82, 2.24) is 15.6 Å². The SMILES string of the molecule is COc1cccc(C(C)NC(=O)C(=O)Nc2ccc(Oc3ccnc4cc(OCC5CCNCC5)c(OC)cc34)c(F)c2)c1. The molecule has 2 heterocycles. The molecule has 1 aromatic heterocycles. The van der Waals surface area contributed by atoms with Crippen LogP contribution in [0.1, 0.15) is 31.4 Å². The van der Waals surface area contributed by atoms with Gasteiger partial charge in [-0.1, -0.05) is 12.1 Å². The van der Waals surface area contributed by atoms with Gasteiger partial charge in [-0.3, -0.25) is 14.6 Å². The summed E-state index contributed by atoms with van der Waals surface area (Å²) in [5.74, 6) is -0.0458. The average molecular weight is 603 g/mol. The van der Waals surface area contributed by atoms with E-state index in [1.807, 2.05) is 6.07 Å². The highest BCUT2D eigenvalue weighted by Gasteiger charge is 2.20. The van der Waals surface area contributed by atoms with Crippen molar-refractivity contribution >= 4 is 28.4 Å². The van der Waals surface area contributed by atoms with Gasteiger partial charge in [-0.05, 0) is 80.7 Å². The summed E-state index contributed by atoms with van der Waals surface area (Å²) in [4.78, 5) is 29.5. The number of nitrogens with one attached hydrogen (secondary N) is 3. The number of carbonyl (C=O) groups is 2. The van der Waals surface area contributed by atoms with E-state index in [0.29, 0.717) is 46.4 Å². The minimum Gasteiger partial charge on any atom is -0.497 e. The van der Waals surface area contributed by atoms with Crippen LogP contribution in [-0.2, 0) is 9.59 Å². The van der Waals surface area contributed by atoms with Crippen molar-refractivity contribution in [3.63, 3.8) is 0 Å². The summed E-state index contributed by atoms with van der Waals surface area (Å²) in [5, 5.41) is 9.01. The number of halogens is 1. The number of pyridine rings is 1. The zero-order valence-electron chi connectivity index (χ0n) is 24.8. The van der Waals surface area contributed by atoms with Crippen molar-refractivity contribution in [3.05, 3.63) is 78.2 Å².